The smallest absolute Gasteiger partial charge is 0.335 e. The molecule has 1 atom stereocenters. The fourth-order valence-electron chi connectivity index (χ4n) is 2.92. The van der Waals surface area contributed by atoms with Crippen molar-refractivity contribution in [3.63, 3.8) is 0 Å². The van der Waals surface area contributed by atoms with Gasteiger partial charge in [0.05, 0.1) is 11.7 Å². The highest BCUT2D eigenvalue weighted by atomic mass is 16.5. The number of anilines is 1. The predicted octanol–water partition coefficient (Wildman–Crippen LogP) is 1.49. The van der Waals surface area contributed by atoms with Gasteiger partial charge in [0.1, 0.15) is 17.4 Å². The third-order valence-electron chi connectivity index (χ3n) is 4.75. The lowest BCUT2D eigenvalue weighted by molar-refractivity contribution is -0.312. The summed E-state index contributed by atoms with van der Waals surface area (Å²) in [4.78, 5) is 49.3. The molecule has 0 aliphatic carbocycles. The minimum Gasteiger partial charge on any atom is -0.546 e. The summed E-state index contributed by atoms with van der Waals surface area (Å²) >= 11 is 0. The zero-order valence-corrected chi connectivity index (χ0v) is 16.6. The van der Waals surface area contributed by atoms with Crippen LogP contribution >= 0.6 is 0 Å². The number of nitrogens with one attached hydrogen (secondary N) is 1. The highest BCUT2D eigenvalue weighted by Crippen LogP contribution is 2.27. The summed E-state index contributed by atoms with van der Waals surface area (Å²) in [5.41, 5.74) is 2.34. The average Bonchev–Trinajstić information content (AvgIpc) is 2.69. The van der Waals surface area contributed by atoms with Gasteiger partial charge in [-0.3, -0.25) is 14.9 Å². The second-order valence-electron chi connectivity index (χ2n) is 6.83. The minimum absolute atomic E-state index is 0.202. The molecule has 4 amide bonds. The van der Waals surface area contributed by atoms with Gasteiger partial charge in [0, 0.05) is 0 Å². The molecule has 1 heterocycles. The monoisotopic (exact) mass is 407 g/mol. The third-order valence-corrected chi connectivity index (χ3v) is 4.75. The SMILES string of the molecule is Cc1cccc(N2C(=O)NC(=O)/C(=C\c3ccc(O[C@@H](C)C(=O)[O-])cc3)C2=O)c1C. The minimum atomic E-state index is -1.35. The lowest BCUT2D eigenvalue weighted by Crippen LogP contribution is -2.54. The van der Waals surface area contributed by atoms with Crippen LogP contribution in [0, 0.1) is 13.8 Å². The zero-order chi connectivity index (χ0) is 22.0. The number of carboxylic acids is 1. The van der Waals surface area contributed by atoms with Crippen molar-refractivity contribution in [3.05, 3.63) is 64.7 Å². The number of amides is 4. The first-order chi connectivity index (χ1) is 14.2. The molecule has 0 bridgehead atoms. The first kappa shape index (κ1) is 20.8. The summed E-state index contributed by atoms with van der Waals surface area (Å²) in [6, 6.07) is 10.5. The Bertz CT molecular complexity index is 1070. The molecule has 1 aliphatic rings. The standard InChI is InChI=1S/C22H20N2O6/c1-12-5-4-6-18(13(12)2)24-20(26)17(19(25)23-22(24)29)11-15-7-9-16(10-8-15)30-14(3)21(27)28/h4-11,14H,1-3H3,(H,27,28)(H,23,25,29)/p-1/b17-11+/t14-/m0/s1. The van der Waals surface area contributed by atoms with Gasteiger partial charge in [-0.1, -0.05) is 24.3 Å². The van der Waals surface area contributed by atoms with Gasteiger partial charge in [0.15, 0.2) is 0 Å². The number of urea groups is 1. The van der Waals surface area contributed by atoms with E-state index in [1.165, 1.54) is 25.1 Å². The molecular formula is C22H19N2O6-. The molecule has 1 N–H and O–H groups in total. The van der Waals surface area contributed by atoms with Crippen LogP contribution < -0.4 is 20.1 Å². The normalized spacial score (nSPS) is 16.4. The number of rotatable bonds is 5. The Labute approximate surface area is 172 Å². The van der Waals surface area contributed by atoms with E-state index in [1.807, 2.05) is 13.0 Å². The van der Waals surface area contributed by atoms with Crippen molar-refractivity contribution in [1.29, 1.82) is 0 Å². The molecule has 8 nitrogen and oxygen atoms in total. The summed E-state index contributed by atoms with van der Waals surface area (Å²) in [6.45, 7) is 4.99. The number of carbonyl (C=O) groups is 4. The van der Waals surface area contributed by atoms with E-state index >= 15 is 0 Å². The molecule has 2 aromatic rings. The quantitative estimate of drug-likeness (QED) is 0.593. The van der Waals surface area contributed by atoms with E-state index < -0.39 is 29.9 Å². The Balaban J connectivity index is 1.91. The largest absolute Gasteiger partial charge is 0.546 e. The van der Waals surface area contributed by atoms with E-state index in [4.69, 9.17) is 4.74 Å². The molecule has 8 heteroatoms. The van der Waals surface area contributed by atoms with Gasteiger partial charge in [-0.05, 0) is 61.7 Å². The average molecular weight is 407 g/mol. The lowest BCUT2D eigenvalue weighted by atomic mass is 10.0. The van der Waals surface area contributed by atoms with Crippen molar-refractivity contribution in [1.82, 2.24) is 5.32 Å². The highest BCUT2D eigenvalue weighted by Gasteiger charge is 2.37. The molecule has 0 unspecified atom stereocenters. The predicted molar refractivity (Wildman–Crippen MR) is 106 cm³/mol. The van der Waals surface area contributed by atoms with Crippen LogP contribution in [0.3, 0.4) is 0 Å². The fraction of sp³-hybridized carbons (Fsp3) is 0.182. The molecule has 154 valence electrons. The number of hydrogen-bond donors (Lipinski definition) is 1. The highest BCUT2D eigenvalue weighted by molar-refractivity contribution is 6.39. The Hall–Kier alpha value is -3.94. The van der Waals surface area contributed by atoms with Gasteiger partial charge < -0.3 is 14.6 Å². The van der Waals surface area contributed by atoms with E-state index in [-0.39, 0.29) is 5.57 Å². The maximum absolute atomic E-state index is 13.0. The van der Waals surface area contributed by atoms with Crippen LogP contribution in [0.5, 0.6) is 5.75 Å². The van der Waals surface area contributed by atoms with Crippen LogP contribution in [-0.2, 0) is 14.4 Å². The number of aliphatic carboxylic acids is 1. The molecule has 0 aromatic heterocycles. The summed E-state index contributed by atoms with van der Waals surface area (Å²) in [6.07, 6.45) is 0.228. The van der Waals surface area contributed by atoms with E-state index in [0.717, 1.165) is 16.0 Å². The summed E-state index contributed by atoms with van der Waals surface area (Å²) in [5, 5.41) is 13.0. The number of ether oxygens (including phenoxy) is 1. The van der Waals surface area contributed by atoms with Crippen LogP contribution in [0.25, 0.3) is 6.08 Å². The molecule has 30 heavy (non-hydrogen) atoms. The molecule has 3 rings (SSSR count). The van der Waals surface area contributed by atoms with Crippen molar-refractivity contribution in [2.24, 2.45) is 0 Å². The van der Waals surface area contributed by atoms with Gasteiger partial charge in [-0.2, -0.15) is 0 Å². The van der Waals surface area contributed by atoms with Gasteiger partial charge in [0.2, 0.25) is 0 Å². The second kappa shape index (κ2) is 8.20. The van der Waals surface area contributed by atoms with Crippen LogP contribution in [0.4, 0.5) is 10.5 Å². The van der Waals surface area contributed by atoms with Crippen molar-refractivity contribution in [2.45, 2.75) is 26.9 Å². The Morgan fingerprint density at radius 1 is 1.10 bits per heavy atom. The zero-order valence-electron chi connectivity index (χ0n) is 16.6. The van der Waals surface area contributed by atoms with Crippen molar-refractivity contribution in [2.75, 3.05) is 4.90 Å². The maximum Gasteiger partial charge on any atom is 0.335 e. The number of hydrogen-bond acceptors (Lipinski definition) is 6. The number of nitrogens with zero attached hydrogens (tertiary/aromatic N) is 1. The number of benzene rings is 2. The number of aryl methyl sites for hydroxylation is 1. The van der Waals surface area contributed by atoms with E-state index in [0.29, 0.717) is 17.0 Å². The first-order valence-corrected chi connectivity index (χ1v) is 9.14. The molecule has 2 aromatic carbocycles. The van der Waals surface area contributed by atoms with Crippen LogP contribution in [0.15, 0.2) is 48.0 Å². The summed E-state index contributed by atoms with van der Waals surface area (Å²) in [5.74, 6) is -2.58. The van der Waals surface area contributed by atoms with Gasteiger partial charge in [-0.25, -0.2) is 9.69 Å². The summed E-state index contributed by atoms with van der Waals surface area (Å²) < 4.78 is 5.19. The second-order valence-corrected chi connectivity index (χ2v) is 6.83. The topological polar surface area (TPSA) is 116 Å². The van der Waals surface area contributed by atoms with Crippen LogP contribution in [0.2, 0.25) is 0 Å². The van der Waals surface area contributed by atoms with Crippen LogP contribution in [0.1, 0.15) is 23.6 Å². The number of imide groups is 2. The Morgan fingerprint density at radius 2 is 1.77 bits per heavy atom. The van der Waals surface area contributed by atoms with Crippen molar-refractivity contribution in [3.8, 4) is 5.75 Å². The molecule has 0 radical (unpaired) electrons. The maximum atomic E-state index is 13.0. The molecular weight excluding hydrogens is 388 g/mol. The van der Waals surface area contributed by atoms with Gasteiger partial charge in [-0.15, -0.1) is 0 Å². The van der Waals surface area contributed by atoms with Gasteiger partial charge >= 0.3 is 6.03 Å². The van der Waals surface area contributed by atoms with Crippen LogP contribution in [-0.4, -0.2) is 29.9 Å². The fourth-order valence-corrected chi connectivity index (χ4v) is 2.92. The number of barbiturate groups is 1. The van der Waals surface area contributed by atoms with E-state index in [9.17, 15) is 24.3 Å². The summed E-state index contributed by atoms with van der Waals surface area (Å²) in [7, 11) is 0. The Morgan fingerprint density at radius 3 is 2.40 bits per heavy atom. The van der Waals surface area contributed by atoms with Gasteiger partial charge in [0.25, 0.3) is 11.8 Å². The first-order valence-electron chi connectivity index (χ1n) is 9.14. The van der Waals surface area contributed by atoms with Crippen molar-refractivity contribution >= 4 is 35.6 Å². The number of carboxylic acid groups (broad SMARTS) is 1. The molecule has 0 saturated carbocycles. The lowest BCUT2D eigenvalue weighted by Gasteiger charge is -2.28. The molecule has 0 spiro atoms. The third kappa shape index (κ3) is 4.07. The number of carbonyl (C=O) groups excluding carboxylic acids is 4. The molecule has 1 fully saturated rings. The van der Waals surface area contributed by atoms with Crippen molar-refractivity contribution < 1.29 is 29.0 Å². The van der Waals surface area contributed by atoms with E-state index in [1.54, 1.807) is 31.2 Å². The molecule has 1 aliphatic heterocycles. The molecule has 1 saturated heterocycles. The van der Waals surface area contributed by atoms with E-state index in [2.05, 4.69) is 5.32 Å². The Kier molecular flexibility index (Phi) is 5.68.